The van der Waals surface area contributed by atoms with E-state index >= 15 is 0 Å². The van der Waals surface area contributed by atoms with Gasteiger partial charge in [0.2, 0.25) is 0 Å². The molecule has 0 N–H and O–H groups in total. The minimum Gasteiger partial charge on any atom is -0.0925 e. The van der Waals surface area contributed by atoms with Gasteiger partial charge in [0.1, 0.15) is 0 Å². The lowest BCUT2D eigenvalue weighted by Crippen LogP contribution is -2.47. The Hall–Kier alpha value is -2.78. The van der Waals surface area contributed by atoms with Crippen LogP contribution in [0, 0.1) is 11.8 Å². The lowest BCUT2D eigenvalue weighted by molar-refractivity contribution is 0.314. The second-order valence-corrected chi connectivity index (χ2v) is 26.0. The molecular formula is C52H60P2. The van der Waals surface area contributed by atoms with Gasteiger partial charge in [-0.05, 0) is 163 Å². The third-order valence-electron chi connectivity index (χ3n) is 14.7. The molecule has 0 saturated heterocycles. The maximum Gasteiger partial charge on any atom is 0.0136 e. The molecule has 2 aliphatic heterocycles. The lowest BCUT2D eigenvalue weighted by atomic mass is 9.64. The number of benzene rings is 4. The van der Waals surface area contributed by atoms with Crippen LogP contribution in [-0.2, 0) is 25.2 Å². The molecule has 4 aromatic rings. The van der Waals surface area contributed by atoms with Gasteiger partial charge in [0.05, 0.1) is 0 Å². The smallest absolute Gasteiger partial charge is 0.0136 e. The molecule has 0 spiro atoms. The number of rotatable bonds is 1. The van der Waals surface area contributed by atoms with Crippen molar-refractivity contribution in [2.45, 2.75) is 139 Å². The van der Waals surface area contributed by atoms with Crippen LogP contribution in [0.3, 0.4) is 0 Å². The summed E-state index contributed by atoms with van der Waals surface area (Å²) in [4.78, 5) is 0. The summed E-state index contributed by atoms with van der Waals surface area (Å²) in [7, 11) is -0.702. The Morgan fingerprint density at radius 1 is 0.463 bits per heavy atom. The van der Waals surface area contributed by atoms with E-state index in [9.17, 15) is 0 Å². The van der Waals surface area contributed by atoms with Crippen molar-refractivity contribution in [3.05, 3.63) is 138 Å². The third kappa shape index (κ3) is 5.74. The minimum atomic E-state index is -0.351. The van der Waals surface area contributed by atoms with Crippen molar-refractivity contribution in [3.8, 4) is 0 Å². The summed E-state index contributed by atoms with van der Waals surface area (Å²) in [5.41, 5.74) is 14.9. The monoisotopic (exact) mass is 746 g/mol. The molecule has 4 aliphatic carbocycles. The summed E-state index contributed by atoms with van der Waals surface area (Å²) in [5, 5.41) is 6.73. The predicted octanol–water partition coefficient (Wildman–Crippen LogP) is 10.8. The normalized spacial score (nSPS) is 29.5. The molecule has 8 atom stereocenters. The van der Waals surface area contributed by atoms with Crippen molar-refractivity contribution < 1.29 is 0 Å². The largest absolute Gasteiger partial charge is 0.0925 e. The van der Waals surface area contributed by atoms with E-state index in [1.807, 2.05) is 0 Å². The molecule has 0 aromatic heterocycles. The molecule has 4 aromatic carbocycles. The second-order valence-electron chi connectivity index (χ2n) is 19.6. The summed E-state index contributed by atoms with van der Waals surface area (Å²) in [6, 6.07) is 29.7. The molecule has 4 unspecified atom stereocenters. The molecule has 2 heteroatoms. The minimum absolute atomic E-state index is 0.261. The van der Waals surface area contributed by atoms with Crippen molar-refractivity contribution in [2.75, 3.05) is 0 Å². The fourth-order valence-corrected chi connectivity index (χ4v) is 20.6. The van der Waals surface area contributed by atoms with Crippen LogP contribution in [0.2, 0.25) is 0 Å². The van der Waals surface area contributed by atoms with Crippen molar-refractivity contribution >= 4 is 40.1 Å². The summed E-state index contributed by atoms with van der Waals surface area (Å²) in [5.74, 6) is 2.29. The first-order valence-electron chi connectivity index (χ1n) is 21.4. The molecule has 0 bridgehead atoms. The van der Waals surface area contributed by atoms with Crippen molar-refractivity contribution in [1.29, 1.82) is 0 Å². The number of hydrogen-bond donors (Lipinski definition) is 0. The Labute approximate surface area is 327 Å². The molecule has 2 heterocycles. The summed E-state index contributed by atoms with van der Waals surface area (Å²) in [6.45, 7) is 15.9. The van der Waals surface area contributed by atoms with Crippen LogP contribution in [0.1, 0.15) is 136 Å². The van der Waals surface area contributed by atoms with Gasteiger partial charge in [-0.25, -0.2) is 0 Å². The van der Waals surface area contributed by atoms with Gasteiger partial charge in [-0.3, -0.25) is 0 Å². The molecule has 54 heavy (non-hydrogen) atoms. The van der Waals surface area contributed by atoms with Crippen LogP contribution >= 0.6 is 15.8 Å². The van der Waals surface area contributed by atoms with Crippen molar-refractivity contribution in [2.24, 2.45) is 11.8 Å². The Morgan fingerprint density at radius 2 is 0.870 bits per heavy atom. The average Bonchev–Trinajstić information content (AvgIpc) is 3.43. The van der Waals surface area contributed by atoms with Gasteiger partial charge in [-0.15, -0.1) is 0 Å². The van der Waals surface area contributed by atoms with Crippen LogP contribution in [0.15, 0.2) is 72.8 Å². The van der Waals surface area contributed by atoms with Crippen LogP contribution in [0.25, 0.3) is 24.3 Å². The lowest BCUT2D eigenvalue weighted by Gasteiger charge is -2.55. The number of fused-ring (bicyclic) bond motifs is 14. The van der Waals surface area contributed by atoms with Gasteiger partial charge in [0, 0.05) is 11.8 Å². The summed E-state index contributed by atoms with van der Waals surface area (Å²) in [6.07, 6.45) is 22.8. The molecule has 0 nitrogen and oxygen atoms in total. The zero-order valence-electron chi connectivity index (χ0n) is 33.7. The quantitative estimate of drug-likeness (QED) is 0.170. The highest BCUT2D eigenvalue weighted by Crippen LogP contribution is 2.74. The van der Waals surface area contributed by atoms with Crippen LogP contribution in [0.5, 0.6) is 0 Å². The van der Waals surface area contributed by atoms with E-state index in [0.717, 1.165) is 11.3 Å². The molecule has 0 amide bonds. The zero-order valence-corrected chi connectivity index (χ0v) is 35.5. The first-order valence-corrected chi connectivity index (χ1v) is 24.6. The van der Waals surface area contributed by atoms with Crippen molar-refractivity contribution in [1.82, 2.24) is 0 Å². The predicted molar refractivity (Wildman–Crippen MR) is 236 cm³/mol. The maximum atomic E-state index is 2.65. The second kappa shape index (κ2) is 13.4. The zero-order chi connectivity index (χ0) is 36.9. The van der Waals surface area contributed by atoms with E-state index < -0.39 is 0 Å². The first-order chi connectivity index (χ1) is 26.1. The maximum absolute atomic E-state index is 2.65. The van der Waals surface area contributed by atoms with Crippen molar-refractivity contribution in [3.63, 3.8) is 0 Å². The molecule has 0 fully saturated rings. The fourth-order valence-electron chi connectivity index (χ4n) is 12.5. The molecule has 0 saturated carbocycles. The average molecular weight is 747 g/mol. The number of hydrogen-bond acceptors (Lipinski definition) is 0. The van der Waals surface area contributed by atoms with E-state index in [4.69, 9.17) is 0 Å². The van der Waals surface area contributed by atoms with Gasteiger partial charge in [0.15, 0.2) is 0 Å². The van der Waals surface area contributed by atoms with Gasteiger partial charge in [-0.1, -0.05) is 154 Å². The number of aryl methyl sites for hydroxylation is 2. The van der Waals surface area contributed by atoms with Gasteiger partial charge in [-0.2, -0.15) is 0 Å². The van der Waals surface area contributed by atoms with E-state index in [-0.39, 0.29) is 26.2 Å². The van der Waals surface area contributed by atoms with Gasteiger partial charge < -0.3 is 0 Å². The molecule has 10 rings (SSSR count). The molecule has 6 aliphatic rings. The van der Waals surface area contributed by atoms with E-state index in [1.165, 1.54) is 74.1 Å². The summed E-state index contributed by atoms with van der Waals surface area (Å²) < 4.78 is 0. The van der Waals surface area contributed by atoms with E-state index in [2.05, 4.69) is 139 Å². The van der Waals surface area contributed by atoms with Gasteiger partial charge >= 0.3 is 0 Å². The SMILES string of the molecule is CC(C)(C)[P@@]1Cc2ccc3c(c2C2c4ccccc4CCC2[C@@H]1[C@H]1C2CCc4ccccc4C2c2c(ccc4c2=CCCC=4)C[P@]1C(C)(C)C)=CCCC=3. The standard InChI is InChI=1S/C52H60P2/c1-51(2,3)53-31-37-25-23-33-15-7-11-19-39(33)45(37)47-41-21-13-9-17-35(41)27-29-43(47)49(53)50-44-30-28-36-18-10-14-22-42(36)48(44)46-38(32-54(50)52(4,5)6)26-24-34-16-8-12-20-40(34)46/h9-10,13-26,43-44,47-50H,7-8,11-12,27-32H2,1-6H3/t43?,44?,47?,48?,49-,50-,53+,54+/m1/s1. The fraction of sp³-hybridized carbons (Fsp3) is 0.462. The molecule has 0 radical (unpaired) electrons. The summed E-state index contributed by atoms with van der Waals surface area (Å²) >= 11 is 0. The Bertz CT molecular complexity index is 2220. The highest BCUT2D eigenvalue weighted by Gasteiger charge is 2.56. The Morgan fingerprint density at radius 3 is 1.30 bits per heavy atom. The highest BCUT2D eigenvalue weighted by atomic mass is 31.1. The Balaban J connectivity index is 1.27. The first kappa shape index (κ1) is 35.6. The van der Waals surface area contributed by atoms with Crippen LogP contribution in [0.4, 0.5) is 0 Å². The van der Waals surface area contributed by atoms with E-state index in [1.54, 1.807) is 54.9 Å². The molecular weight excluding hydrogens is 687 g/mol. The third-order valence-corrected chi connectivity index (χ3v) is 22.6. The van der Waals surface area contributed by atoms with Crippen LogP contribution in [-0.4, -0.2) is 21.6 Å². The van der Waals surface area contributed by atoms with Crippen LogP contribution < -0.4 is 20.9 Å². The van der Waals surface area contributed by atoms with Gasteiger partial charge in [0.25, 0.3) is 0 Å². The topological polar surface area (TPSA) is 0 Å². The molecule has 278 valence electrons. The van der Waals surface area contributed by atoms with E-state index in [0.29, 0.717) is 23.7 Å². The highest BCUT2D eigenvalue weighted by molar-refractivity contribution is 7.63. The Kier molecular flexibility index (Phi) is 8.85.